The lowest BCUT2D eigenvalue weighted by atomic mass is 9.84. The molecule has 0 fully saturated rings. The molecule has 0 bridgehead atoms. The number of rotatable bonds is 5. The lowest BCUT2D eigenvalue weighted by Crippen LogP contribution is -2.13. The Morgan fingerprint density at radius 2 is 0.968 bits per heavy atom. The fourth-order valence-electron chi connectivity index (χ4n) is 10.6. The molecule has 63 heavy (non-hydrogen) atoms. The van der Waals surface area contributed by atoms with Crippen LogP contribution in [0.25, 0.3) is 93.1 Å². The van der Waals surface area contributed by atoms with Crippen molar-refractivity contribution in [1.82, 2.24) is 0 Å². The monoisotopic (exact) mass is 805 g/mol. The SMILES string of the molecule is C1=CC2(C=C1)C=C(c1ccccc1)c1oc3c(N(c4cccc5c4oc4c(-c6ccccc6)cc6ccccc6c45)c4cc5ccccc5c5c4oc4ccccc45)cccc3c12. The smallest absolute Gasteiger partial charge is 0.160 e. The highest BCUT2D eigenvalue weighted by Gasteiger charge is 2.41. The van der Waals surface area contributed by atoms with Gasteiger partial charge in [-0.05, 0) is 63.0 Å². The number of hydrogen-bond acceptors (Lipinski definition) is 4. The van der Waals surface area contributed by atoms with Crippen molar-refractivity contribution >= 4 is 99.0 Å². The van der Waals surface area contributed by atoms with E-state index in [0.29, 0.717) is 0 Å². The van der Waals surface area contributed by atoms with Crippen molar-refractivity contribution in [2.45, 2.75) is 5.41 Å². The Kier molecular flexibility index (Phi) is 7.01. The lowest BCUT2D eigenvalue weighted by molar-refractivity contribution is 0.596. The standard InChI is InChI=1S/C59H35NO3/c1-3-17-36(18-4-1)45-33-38-21-7-9-23-40(38)52-43-26-15-28-47(54(43)62-56(45)52)60(49-34-39-22-8-10-24-41(39)51-42-25-11-12-30-50(42)61-58(49)51)48-29-16-27-44-53-57(63-55(44)48)46(37-19-5-2-6-20-37)35-59(53)31-13-14-32-59/h1-35H. The molecule has 12 aromatic rings. The highest BCUT2D eigenvalue weighted by atomic mass is 16.3. The van der Waals surface area contributed by atoms with Crippen LogP contribution in [-0.4, -0.2) is 0 Å². The second kappa shape index (κ2) is 12.8. The Balaban J connectivity index is 1.13. The van der Waals surface area contributed by atoms with E-state index in [-0.39, 0.29) is 0 Å². The molecule has 9 aromatic carbocycles. The van der Waals surface area contributed by atoms with E-state index < -0.39 is 5.41 Å². The second-order valence-electron chi connectivity index (χ2n) is 16.8. The molecule has 4 nitrogen and oxygen atoms in total. The van der Waals surface area contributed by atoms with Crippen molar-refractivity contribution in [2.24, 2.45) is 0 Å². The van der Waals surface area contributed by atoms with Crippen LogP contribution in [0, 0.1) is 0 Å². The number of furan rings is 3. The van der Waals surface area contributed by atoms with Gasteiger partial charge in [0.05, 0.1) is 22.5 Å². The Hall–Kier alpha value is -8.34. The summed E-state index contributed by atoms with van der Waals surface area (Å²) in [5, 5.41) is 9.87. The molecule has 0 saturated carbocycles. The Morgan fingerprint density at radius 1 is 0.397 bits per heavy atom. The first kappa shape index (κ1) is 34.4. The number of para-hydroxylation sites is 3. The zero-order valence-corrected chi connectivity index (χ0v) is 33.9. The topological polar surface area (TPSA) is 42.7 Å². The van der Waals surface area contributed by atoms with Gasteiger partial charge in [0, 0.05) is 43.6 Å². The van der Waals surface area contributed by atoms with Crippen molar-refractivity contribution in [1.29, 1.82) is 0 Å². The summed E-state index contributed by atoms with van der Waals surface area (Å²) in [4.78, 5) is 2.33. The summed E-state index contributed by atoms with van der Waals surface area (Å²) in [6.07, 6.45) is 11.2. The molecule has 0 atom stereocenters. The fraction of sp³-hybridized carbons (Fsp3) is 0.0169. The van der Waals surface area contributed by atoms with Gasteiger partial charge >= 0.3 is 0 Å². The average Bonchev–Trinajstić information content (AvgIpc) is 4.18. The molecule has 0 N–H and O–H groups in total. The highest BCUT2D eigenvalue weighted by molar-refractivity contribution is 6.26. The third-order valence-corrected chi connectivity index (χ3v) is 13.3. The number of benzene rings is 9. The van der Waals surface area contributed by atoms with Crippen LogP contribution in [0.2, 0.25) is 0 Å². The first-order valence-corrected chi connectivity index (χ1v) is 21.5. The van der Waals surface area contributed by atoms with Crippen LogP contribution in [-0.2, 0) is 5.41 Å². The maximum absolute atomic E-state index is 7.35. The van der Waals surface area contributed by atoms with Gasteiger partial charge in [-0.1, -0.05) is 182 Å². The molecular formula is C59H35NO3. The van der Waals surface area contributed by atoms with Gasteiger partial charge in [0.1, 0.15) is 16.9 Å². The van der Waals surface area contributed by atoms with Crippen LogP contribution < -0.4 is 4.90 Å². The van der Waals surface area contributed by atoms with E-state index in [9.17, 15) is 0 Å². The van der Waals surface area contributed by atoms with Crippen molar-refractivity contribution < 1.29 is 13.3 Å². The van der Waals surface area contributed by atoms with Gasteiger partial charge < -0.3 is 13.3 Å². The van der Waals surface area contributed by atoms with Crippen molar-refractivity contribution in [3.63, 3.8) is 0 Å². The molecule has 1 spiro atoms. The minimum absolute atomic E-state index is 0.433. The molecular weight excluding hydrogens is 771 g/mol. The summed E-state index contributed by atoms with van der Waals surface area (Å²) in [7, 11) is 0. The van der Waals surface area contributed by atoms with E-state index in [1.807, 2.05) is 6.07 Å². The van der Waals surface area contributed by atoms with Crippen LogP contribution in [0.1, 0.15) is 16.9 Å². The molecule has 294 valence electrons. The van der Waals surface area contributed by atoms with Crippen molar-refractivity contribution in [3.8, 4) is 11.1 Å². The minimum Gasteiger partial charge on any atom is -0.454 e. The molecule has 2 aliphatic rings. The van der Waals surface area contributed by atoms with Gasteiger partial charge in [-0.2, -0.15) is 0 Å². The predicted octanol–water partition coefficient (Wildman–Crippen LogP) is 16.5. The summed E-state index contributed by atoms with van der Waals surface area (Å²) in [6.45, 7) is 0. The number of fused-ring (bicyclic) bond motifs is 14. The van der Waals surface area contributed by atoms with Crippen LogP contribution >= 0.6 is 0 Å². The molecule has 0 amide bonds. The first-order chi connectivity index (χ1) is 31.2. The van der Waals surface area contributed by atoms with E-state index in [4.69, 9.17) is 13.3 Å². The Labute approximate surface area is 361 Å². The second-order valence-corrected chi connectivity index (χ2v) is 16.8. The van der Waals surface area contributed by atoms with E-state index in [1.54, 1.807) is 0 Å². The molecule has 3 aromatic heterocycles. The zero-order valence-electron chi connectivity index (χ0n) is 33.9. The summed E-state index contributed by atoms with van der Waals surface area (Å²) < 4.78 is 21.7. The summed E-state index contributed by atoms with van der Waals surface area (Å²) in [5.74, 6) is 0.883. The Bertz CT molecular complexity index is 3960. The minimum atomic E-state index is -0.433. The lowest BCUT2D eigenvalue weighted by Gasteiger charge is -2.26. The van der Waals surface area contributed by atoms with E-state index in [0.717, 1.165) is 127 Å². The quantitative estimate of drug-likeness (QED) is 0.174. The summed E-state index contributed by atoms with van der Waals surface area (Å²) in [6, 6.07) is 64.3. The maximum atomic E-state index is 7.35. The average molecular weight is 806 g/mol. The number of nitrogens with zero attached hydrogens (tertiary/aromatic N) is 1. The van der Waals surface area contributed by atoms with Crippen LogP contribution in [0.5, 0.6) is 0 Å². The number of allylic oxidation sites excluding steroid dienone is 5. The summed E-state index contributed by atoms with van der Waals surface area (Å²) >= 11 is 0. The van der Waals surface area contributed by atoms with Gasteiger partial charge in [-0.25, -0.2) is 0 Å². The van der Waals surface area contributed by atoms with E-state index >= 15 is 0 Å². The fourth-order valence-corrected chi connectivity index (χ4v) is 10.6. The van der Waals surface area contributed by atoms with Crippen LogP contribution in [0.4, 0.5) is 17.1 Å². The first-order valence-electron chi connectivity index (χ1n) is 21.5. The molecule has 4 heteroatoms. The number of hydrogen-bond donors (Lipinski definition) is 0. The summed E-state index contributed by atoms with van der Waals surface area (Å²) in [5.41, 5.74) is 11.8. The maximum Gasteiger partial charge on any atom is 0.160 e. The van der Waals surface area contributed by atoms with Crippen LogP contribution in [0.3, 0.4) is 0 Å². The van der Waals surface area contributed by atoms with Gasteiger partial charge in [-0.15, -0.1) is 0 Å². The third-order valence-electron chi connectivity index (χ3n) is 13.3. The van der Waals surface area contributed by atoms with Crippen molar-refractivity contribution in [3.05, 3.63) is 229 Å². The van der Waals surface area contributed by atoms with Gasteiger partial charge in [0.2, 0.25) is 0 Å². The molecule has 0 aliphatic heterocycles. The van der Waals surface area contributed by atoms with E-state index in [1.165, 1.54) is 0 Å². The predicted molar refractivity (Wildman–Crippen MR) is 259 cm³/mol. The number of anilines is 3. The highest BCUT2D eigenvalue weighted by Crippen LogP contribution is 2.55. The zero-order chi connectivity index (χ0) is 41.2. The molecule has 0 unspecified atom stereocenters. The molecule has 3 heterocycles. The van der Waals surface area contributed by atoms with Gasteiger partial charge in [0.25, 0.3) is 0 Å². The van der Waals surface area contributed by atoms with Crippen molar-refractivity contribution in [2.75, 3.05) is 4.90 Å². The Morgan fingerprint density at radius 3 is 1.70 bits per heavy atom. The van der Waals surface area contributed by atoms with Crippen LogP contribution in [0.15, 0.2) is 226 Å². The van der Waals surface area contributed by atoms with E-state index in [2.05, 4.69) is 211 Å². The molecule has 0 saturated heterocycles. The van der Waals surface area contributed by atoms with Gasteiger partial charge in [0.15, 0.2) is 16.7 Å². The largest absolute Gasteiger partial charge is 0.454 e. The molecule has 2 aliphatic carbocycles. The molecule has 0 radical (unpaired) electrons. The normalized spacial score (nSPS) is 14.1. The molecule has 14 rings (SSSR count). The van der Waals surface area contributed by atoms with Gasteiger partial charge in [-0.3, -0.25) is 4.90 Å². The third kappa shape index (κ3) is 4.80.